The molecule has 0 fully saturated rings. The molecule has 0 saturated carbocycles. The van der Waals surface area contributed by atoms with Gasteiger partial charge in [-0.1, -0.05) is 29.8 Å². The molecule has 3 rings (SSSR count). The number of nitrogens with one attached hydrogen (secondary N) is 2. The Bertz CT molecular complexity index is 1150. The van der Waals surface area contributed by atoms with Crippen molar-refractivity contribution in [2.24, 2.45) is 0 Å². The monoisotopic (exact) mass is 423 g/mol. The Morgan fingerprint density at radius 2 is 1.30 bits per heavy atom. The SMILES string of the molecule is O=S(=O)(Nc1ccccc1)c1ccc(NS(=O)(=O)c2cccnc2Cl)cc1. The van der Waals surface area contributed by atoms with Crippen molar-refractivity contribution in [2.45, 2.75) is 9.79 Å². The van der Waals surface area contributed by atoms with Crippen LogP contribution in [0.5, 0.6) is 0 Å². The summed E-state index contributed by atoms with van der Waals surface area (Å²) in [5, 5.41) is -0.156. The minimum Gasteiger partial charge on any atom is -0.280 e. The zero-order valence-corrected chi connectivity index (χ0v) is 16.1. The molecule has 1 heterocycles. The molecule has 2 aromatic carbocycles. The summed E-state index contributed by atoms with van der Waals surface area (Å²) < 4.78 is 54.3. The maximum atomic E-state index is 12.4. The highest BCUT2D eigenvalue weighted by Gasteiger charge is 2.19. The quantitative estimate of drug-likeness (QED) is 0.591. The van der Waals surface area contributed by atoms with Crippen LogP contribution in [-0.2, 0) is 20.0 Å². The topological polar surface area (TPSA) is 105 Å². The highest BCUT2D eigenvalue weighted by atomic mass is 35.5. The number of hydrogen-bond acceptors (Lipinski definition) is 5. The summed E-state index contributed by atoms with van der Waals surface area (Å²) in [7, 11) is -7.74. The van der Waals surface area contributed by atoms with Crippen molar-refractivity contribution in [3.05, 3.63) is 78.1 Å². The number of rotatable bonds is 6. The van der Waals surface area contributed by atoms with Crippen LogP contribution in [0.2, 0.25) is 5.15 Å². The van der Waals surface area contributed by atoms with E-state index in [1.54, 1.807) is 30.3 Å². The summed E-state index contributed by atoms with van der Waals surface area (Å²) in [6, 6.07) is 16.5. The molecule has 3 aromatic rings. The van der Waals surface area contributed by atoms with Crippen molar-refractivity contribution >= 4 is 43.0 Å². The maximum Gasteiger partial charge on any atom is 0.264 e. The van der Waals surface area contributed by atoms with Crippen LogP contribution in [0.3, 0.4) is 0 Å². The van der Waals surface area contributed by atoms with Gasteiger partial charge in [0.25, 0.3) is 20.0 Å². The summed E-state index contributed by atoms with van der Waals surface area (Å²) in [6.07, 6.45) is 1.38. The van der Waals surface area contributed by atoms with Crippen LogP contribution in [0.4, 0.5) is 11.4 Å². The van der Waals surface area contributed by atoms with Gasteiger partial charge in [0.2, 0.25) is 0 Å². The van der Waals surface area contributed by atoms with E-state index in [2.05, 4.69) is 14.4 Å². The van der Waals surface area contributed by atoms with E-state index >= 15 is 0 Å². The van der Waals surface area contributed by atoms with Gasteiger partial charge >= 0.3 is 0 Å². The van der Waals surface area contributed by atoms with Gasteiger partial charge in [0, 0.05) is 17.6 Å². The first kappa shape index (κ1) is 19.2. The molecule has 140 valence electrons. The Morgan fingerprint density at radius 3 is 1.93 bits per heavy atom. The van der Waals surface area contributed by atoms with Crippen LogP contribution in [0.15, 0.2) is 82.7 Å². The Kier molecular flexibility index (Phi) is 5.36. The number of hydrogen-bond donors (Lipinski definition) is 2. The van der Waals surface area contributed by atoms with Crippen LogP contribution in [0.25, 0.3) is 0 Å². The average Bonchev–Trinajstić information content (AvgIpc) is 2.62. The van der Waals surface area contributed by atoms with E-state index in [9.17, 15) is 16.8 Å². The Morgan fingerprint density at radius 1 is 0.704 bits per heavy atom. The maximum absolute atomic E-state index is 12.4. The largest absolute Gasteiger partial charge is 0.280 e. The Labute approximate surface area is 162 Å². The fourth-order valence-electron chi connectivity index (χ4n) is 2.20. The van der Waals surface area contributed by atoms with Crippen LogP contribution >= 0.6 is 11.6 Å². The van der Waals surface area contributed by atoms with Crippen LogP contribution in [0.1, 0.15) is 0 Å². The lowest BCUT2D eigenvalue weighted by molar-refractivity contribution is 0.600. The Balaban J connectivity index is 1.80. The van der Waals surface area contributed by atoms with Gasteiger partial charge in [0.1, 0.15) is 10.0 Å². The number of sulfonamides is 2. The fraction of sp³-hybridized carbons (Fsp3) is 0. The summed E-state index contributed by atoms with van der Waals surface area (Å²) >= 11 is 5.82. The van der Waals surface area contributed by atoms with E-state index < -0.39 is 20.0 Å². The van der Waals surface area contributed by atoms with Gasteiger partial charge in [0.15, 0.2) is 0 Å². The number of para-hydroxylation sites is 1. The van der Waals surface area contributed by atoms with E-state index in [-0.39, 0.29) is 20.6 Å². The standard InChI is InChI=1S/C17H14ClN3O4S2/c18-17-16(7-4-12-19-17)27(24,25)21-14-8-10-15(11-9-14)26(22,23)20-13-5-2-1-3-6-13/h1-12,20-21H. The molecule has 1 aromatic heterocycles. The van der Waals surface area contributed by atoms with Gasteiger partial charge in [-0.3, -0.25) is 9.44 Å². The molecule has 7 nitrogen and oxygen atoms in total. The molecule has 27 heavy (non-hydrogen) atoms. The molecule has 0 amide bonds. The lowest BCUT2D eigenvalue weighted by Crippen LogP contribution is -2.15. The molecular formula is C17H14ClN3O4S2. The van der Waals surface area contributed by atoms with Gasteiger partial charge in [-0.25, -0.2) is 21.8 Å². The predicted octanol–water partition coefficient (Wildman–Crippen LogP) is 3.34. The normalized spacial score (nSPS) is 11.7. The Hall–Kier alpha value is -2.62. The van der Waals surface area contributed by atoms with Gasteiger partial charge in [-0.2, -0.15) is 0 Å². The highest BCUT2D eigenvalue weighted by molar-refractivity contribution is 7.93. The molecule has 0 aliphatic rings. The van der Waals surface area contributed by atoms with Gasteiger partial charge in [0.05, 0.1) is 4.90 Å². The third-order valence-electron chi connectivity index (χ3n) is 3.46. The fourth-order valence-corrected chi connectivity index (χ4v) is 4.78. The molecule has 0 saturated heterocycles. The van der Waals surface area contributed by atoms with Crippen LogP contribution in [0, 0.1) is 0 Å². The predicted molar refractivity (Wildman–Crippen MR) is 104 cm³/mol. The molecule has 10 heteroatoms. The molecule has 0 atom stereocenters. The number of nitrogens with zero attached hydrogens (tertiary/aromatic N) is 1. The van der Waals surface area contributed by atoms with Crippen molar-refractivity contribution < 1.29 is 16.8 Å². The molecule has 0 unspecified atom stereocenters. The summed E-state index contributed by atoms with van der Waals surface area (Å²) in [5.74, 6) is 0. The van der Waals surface area contributed by atoms with Crippen molar-refractivity contribution in [2.75, 3.05) is 9.44 Å². The van der Waals surface area contributed by atoms with Crippen molar-refractivity contribution in [1.82, 2.24) is 4.98 Å². The zero-order chi connectivity index (χ0) is 19.5. The second-order valence-electron chi connectivity index (χ2n) is 5.39. The molecule has 0 spiro atoms. The summed E-state index contributed by atoms with van der Waals surface area (Å²) in [6.45, 7) is 0. The number of anilines is 2. The lowest BCUT2D eigenvalue weighted by atomic mass is 10.3. The minimum absolute atomic E-state index is 0.00582. The molecule has 2 N–H and O–H groups in total. The van der Waals surface area contributed by atoms with Crippen LogP contribution in [-0.4, -0.2) is 21.8 Å². The van der Waals surface area contributed by atoms with E-state index in [1.807, 2.05) is 0 Å². The van der Waals surface area contributed by atoms with Gasteiger partial charge in [-0.05, 0) is 48.5 Å². The van der Waals surface area contributed by atoms with Gasteiger partial charge in [-0.15, -0.1) is 0 Å². The molecule has 0 bridgehead atoms. The number of benzene rings is 2. The molecular weight excluding hydrogens is 410 g/mol. The van der Waals surface area contributed by atoms with Crippen molar-refractivity contribution in [1.29, 1.82) is 0 Å². The first-order chi connectivity index (χ1) is 12.8. The summed E-state index contributed by atoms with van der Waals surface area (Å²) in [5.41, 5.74) is 0.613. The second kappa shape index (κ2) is 7.55. The third kappa shape index (κ3) is 4.57. The second-order valence-corrected chi connectivity index (χ2v) is 9.08. The van der Waals surface area contributed by atoms with Crippen molar-refractivity contribution in [3.8, 4) is 0 Å². The first-order valence-electron chi connectivity index (χ1n) is 7.59. The van der Waals surface area contributed by atoms with Crippen molar-refractivity contribution in [3.63, 3.8) is 0 Å². The minimum atomic E-state index is -3.95. The number of pyridine rings is 1. The third-order valence-corrected chi connectivity index (χ3v) is 6.68. The van der Waals surface area contributed by atoms with E-state index in [0.29, 0.717) is 5.69 Å². The average molecular weight is 424 g/mol. The summed E-state index contributed by atoms with van der Waals surface area (Å²) in [4.78, 5) is 3.55. The van der Waals surface area contributed by atoms with Crippen LogP contribution < -0.4 is 9.44 Å². The smallest absolute Gasteiger partial charge is 0.264 e. The van der Waals surface area contributed by atoms with Gasteiger partial charge < -0.3 is 0 Å². The molecule has 0 aliphatic heterocycles. The van der Waals surface area contributed by atoms with E-state index in [0.717, 1.165) is 0 Å². The first-order valence-corrected chi connectivity index (χ1v) is 10.9. The molecule has 0 radical (unpaired) electrons. The van der Waals surface area contributed by atoms with E-state index in [1.165, 1.54) is 42.6 Å². The number of aromatic nitrogens is 1. The van der Waals surface area contributed by atoms with E-state index in [4.69, 9.17) is 11.6 Å². The highest BCUT2D eigenvalue weighted by Crippen LogP contribution is 2.23. The lowest BCUT2D eigenvalue weighted by Gasteiger charge is -2.11. The number of halogens is 1. The zero-order valence-electron chi connectivity index (χ0n) is 13.7. The molecule has 0 aliphatic carbocycles.